The number of hydrogen-bond donors (Lipinski definition) is 1. The van der Waals surface area contributed by atoms with Crippen LogP contribution in [0.5, 0.6) is 5.75 Å². The van der Waals surface area contributed by atoms with Crippen LogP contribution in [0.2, 0.25) is 0 Å². The first-order valence-electron chi connectivity index (χ1n) is 7.69. The monoisotopic (exact) mass is 293 g/mol. The third kappa shape index (κ3) is 4.71. The maximum atomic E-state index is 5.88. The summed E-state index contributed by atoms with van der Waals surface area (Å²) in [5.74, 6) is 1.02. The van der Waals surface area contributed by atoms with Crippen LogP contribution in [0.25, 0.3) is 0 Å². The normalized spacial score (nSPS) is 23.0. The molecule has 0 bridgehead atoms. The predicted molar refractivity (Wildman–Crippen MR) is 88.6 cm³/mol. The first kappa shape index (κ1) is 15.7. The molecule has 0 unspecified atom stereocenters. The minimum absolute atomic E-state index is 0.230. The van der Waals surface area contributed by atoms with Crippen molar-refractivity contribution in [2.24, 2.45) is 0 Å². The van der Waals surface area contributed by atoms with Crippen molar-refractivity contribution in [2.75, 3.05) is 6.26 Å². The van der Waals surface area contributed by atoms with Crippen LogP contribution < -0.4 is 10.1 Å². The van der Waals surface area contributed by atoms with Gasteiger partial charge in [0.05, 0.1) is 6.10 Å². The summed E-state index contributed by atoms with van der Waals surface area (Å²) >= 11 is 2.02. The Bertz CT molecular complexity index is 400. The molecule has 3 heteroatoms. The first-order chi connectivity index (χ1) is 9.69. The average Bonchev–Trinajstić information content (AvgIpc) is 2.46. The lowest BCUT2D eigenvalue weighted by atomic mass is 9.95. The molecule has 1 fully saturated rings. The van der Waals surface area contributed by atoms with Crippen LogP contribution in [0.4, 0.5) is 0 Å². The molecule has 1 saturated carbocycles. The highest BCUT2D eigenvalue weighted by Gasteiger charge is 2.20. The van der Waals surface area contributed by atoms with E-state index in [1.165, 1.54) is 31.2 Å². The molecule has 0 radical (unpaired) electrons. The van der Waals surface area contributed by atoms with Gasteiger partial charge in [-0.3, -0.25) is 0 Å². The maximum absolute atomic E-state index is 5.88. The van der Waals surface area contributed by atoms with Crippen molar-refractivity contribution < 1.29 is 4.74 Å². The Kier molecular flexibility index (Phi) is 6.24. The molecule has 0 saturated heterocycles. The average molecular weight is 293 g/mol. The van der Waals surface area contributed by atoms with E-state index in [1.807, 2.05) is 17.8 Å². The predicted octanol–water partition coefficient (Wildman–Crippen LogP) is 4.24. The molecular formula is C17H27NOS. The molecule has 0 aromatic heterocycles. The van der Waals surface area contributed by atoms with Crippen LogP contribution in [-0.4, -0.2) is 23.7 Å². The van der Waals surface area contributed by atoms with E-state index in [0.29, 0.717) is 6.04 Å². The van der Waals surface area contributed by atoms with Gasteiger partial charge in [-0.05, 0) is 51.9 Å². The number of nitrogens with one attached hydrogen (secondary N) is 1. The van der Waals surface area contributed by atoms with Gasteiger partial charge in [0.15, 0.2) is 0 Å². The molecule has 0 aliphatic heterocycles. The molecule has 1 aromatic carbocycles. The molecule has 20 heavy (non-hydrogen) atoms. The molecule has 1 N–H and O–H groups in total. The zero-order chi connectivity index (χ0) is 14.4. The third-order valence-corrected chi connectivity index (χ3v) is 5.06. The van der Waals surface area contributed by atoms with Gasteiger partial charge in [0.1, 0.15) is 5.75 Å². The van der Waals surface area contributed by atoms with Crippen molar-refractivity contribution in [3.8, 4) is 5.75 Å². The van der Waals surface area contributed by atoms with E-state index >= 15 is 0 Å². The van der Waals surface area contributed by atoms with E-state index in [2.05, 4.69) is 43.6 Å². The second kappa shape index (κ2) is 7.94. The highest BCUT2D eigenvalue weighted by atomic mass is 32.2. The fourth-order valence-electron chi connectivity index (χ4n) is 2.78. The van der Waals surface area contributed by atoms with Crippen LogP contribution in [-0.2, 0) is 6.54 Å². The molecule has 2 rings (SSSR count). The van der Waals surface area contributed by atoms with Crippen molar-refractivity contribution in [1.29, 1.82) is 0 Å². The number of hydrogen-bond acceptors (Lipinski definition) is 3. The highest BCUT2D eigenvalue weighted by Crippen LogP contribution is 2.27. The molecule has 2 nitrogen and oxygen atoms in total. The lowest BCUT2D eigenvalue weighted by Crippen LogP contribution is -2.33. The highest BCUT2D eigenvalue weighted by molar-refractivity contribution is 7.99. The summed E-state index contributed by atoms with van der Waals surface area (Å²) in [6.45, 7) is 5.07. The van der Waals surface area contributed by atoms with Gasteiger partial charge in [-0.1, -0.05) is 18.2 Å². The molecule has 1 aliphatic carbocycles. The topological polar surface area (TPSA) is 21.3 Å². The summed E-state index contributed by atoms with van der Waals surface area (Å²) in [5.41, 5.74) is 1.27. The SMILES string of the molecule is CSC1CCC(NCc2ccccc2OC(C)C)CC1. The number of thioether (sulfide) groups is 1. The maximum Gasteiger partial charge on any atom is 0.124 e. The van der Waals surface area contributed by atoms with E-state index < -0.39 is 0 Å². The van der Waals surface area contributed by atoms with Gasteiger partial charge in [0.25, 0.3) is 0 Å². The lowest BCUT2D eigenvalue weighted by Gasteiger charge is -2.28. The lowest BCUT2D eigenvalue weighted by molar-refractivity contribution is 0.239. The minimum atomic E-state index is 0.230. The fourth-order valence-corrected chi connectivity index (χ4v) is 3.52. The second-order valence-electron chi connectivity index (χ2n) is 5.86. The van der Waals surface area contributed by atoms with Crippen molar-refractivity contribution in [1.82, 2.24) is 5.32 Å². The summed E-state index contributed by atoms with van der Waals surface area (Å²) in [7, 11) is 0. The second-order valence-corrected chi connectivity index (χ2v) is 7.00. The van der Waals surface area contributed by atoms with E-state index in [0.717, 1.165) is 17.5 Å². The van der Waals surface area contributed by atoms with Crippen LogP contribution in [0.15, 0.2) is 24.3 Å². The quantitative estimate of drug-likeness (QED) is 0.847. The van der Waals surface area contributed by atoms with Crippen molar-refractivity contribution >= 4 is 11.8 Å². The van der Waals surface area contributed by atoms with Gasteiger partial charge in [-0.15, -0.1) is 0 Å². The van der Waals surface area contributed by atoms with E-state index in [9.17, 15) is 0 Å². The Labute approximate surface area is 127 Å². The Morgan fingerprint density at radius 3 is 2.55 bits per heavy atom. The molecule has 0 atom stereocenters. The largest absolute Gasteiger partial charge is 0.491 e. The summed E-state index contributed by atoms with van der Waals surface area (Å²) < 4.78 is 5.88. The fraction of sp³-hybridized carbons (Fsp3) is 0.647. The van der Waals surface area contributed by atoms with Gasteiger partial charge < -0.3 is 10.1 Å². The molecule has 1 aromatic rings. The summed E-state index contributed by atoms with van der Waals surface area (Å²) in [4.78, 5) is 0. The molecular weight excluding hydrogens is 266 g/mol. The molecule has 1 aliphatic rings. The molecule has 0 heterocycles. The van der Waals surface area contributed by atoms with Gasteiger partial charge >= 0.3 is 0 Å². The van der Waals surface area contributed by atoms with Crippen molar-refractivity contribution in [3.63, 3.8) is 0 Å². The van der Waals surface area contributed by atoms with Crippen LogP contribution in [0, 0.1) is 0 Å². The summed E-state index contributed by atoms with van der Waals surface area (Å²) in [6, 6.07) is 9.05. The first-order valence-corrected chi connectivity index (χ1v) is 8.98. The summed E-state index contributed by atoms with van der Waals surface area (Å²) in [6.07, 6.45) is 7.77. The van der Waals surface area contributed by atoms with Crippen molar-refractivity contribution in [3.05, 3.63) is 29.8 Å². The van der Waals surface area contributed by atoms with Gasteiger partial charge in [0.2, 0.25) is 0 Å². The van der Waals surface area contributed by atoms with Crippen LogP contribution in [0.3, 0.4) is 0 Å². The zero-order valence-electron chi connectivity index (χ0n) is 12.9. The molecule has 0 amide bonds. The smallest absolute Gasteiger partial charge is 0.124 e. The van der Waals surface area contributed by atoms with Crippen LogP contribution >= 0.6 is 11.8 Å². The van der Waals surface area contributed by atoms with E-state index in [4.69, 9.17) is 4.74 Å². The van der Waals surface area contributed by atoms with E-state index in [-0.39, 0.29) is 6.10 Å². The number of rotatable bonds is 6. The van der Waals surface area contributed by atoms with Gasteiger partial charge in [-0.25, -0.2) is 0 Å². The molecule has 112 valence electrons. The molecule has 0 spiro atoms. The number of benzene rings is 1. The van der Waals surface area contributed by atoms with Gasteiger partial charge in [0, 0.05) is 23.4 Å². The minimum Gasteiger partial charge on any atom is -0.491 e. The standard InChI is InChI=1S/C17H27NOS/c1-13(2)19-17-7-5-4-6-14(17)12-18-15-8-10-16(20-3)11-9-15/h4-7,13,15-16,18H,8-12H2,1-3H3. The number of para-hydroxylation sites is 1. The summed E-state index contributed by atoms with van der Waals surface area (Å²) in [5, 5.41) is 4.59. The van der Waals surface area contributed by atoms with Gasteiger partial charge in [-0.2, -0.15) is 11.8 Å². The number of ether oxygens (including phenoxy) is 1. The van der Waals surface area contributed by atoms with E-state index in [1.54, 1.807) is 0 Å². The third-order valence-electron chi connectivity index (χ3n) is 3.92. The Hall–Kier alpha value is -0.670. The Balaban J connectivity index is 1.85. The van der Waals surface area contributed by atoms with Crippen molar-refractivity contribution in [2.45, 2.75) is 63.5 Å². The van der Waals surface area contributed by atoms with Crippen LogP contribution in [0.1, 0.15) is 45.1 Å². The zero-order valence-corrected chi connectivity index (χ0v) is 13.7. The Morgan fingerprint density at radius 1 is 1.20 bits per heavy atom. The Morgan fingerprint density at radius 2 is 1.90 bits per heavy atom.